The number of aromatic hydroxyl groups is 1. The first-order valence-corrected chi connectivity index (χ1v) is 10.9. The lowest BCUT2D eigenvalue weighted by molar-refractivity contribution is -0.147. The Morgan fingerprint density at radius 3 is 2.17 bits per heavy atom. The maximum Gasteiger partial charge on any atom is 0.394 e. The van der Waals surface area contributed by atoms with Gasteiger partial charge in [-0.05, 0) is 67.8 Å². The van der Waals surface area contributed by atoms with Gasteiger partial charge in [-0.15, -0.1) is 0 Å². The van der Waals surface area contributed by atoms with E-state index in [2.05, 4.69) is 10.6 Å². The molecule has 3 aromatic rings. The fourth-order valence-electron chi connectivity index (χ4n) is 3.36. The molecule has 0 aliphatic carbocycles. The molecule has 182 valence electrons. The van der Waals surface area contributed by atoms with Crippen molar-refractivity contribution in [2.75, 3.05) is 10.6 Å². The number of aliphatic carboxylic acids is 1. The molecule has 2 amide bonds. The van der Waals surface area contributed by atoms with Crippen molar-refractivity contribution in [1.82, 2.24) is 0 Å². The molecule has 3 rings (SSSR count). The minimum absolute atomic E-state index is 0.138. The predicted octanol–water partition coefficient (Wildman–Crippen LogP) is 4.62. The van der Waals surface area contributed by atoms with Crippen LogP contribution >= 0.6 is 0 Å². The number of amides is 2. The number of benzene rings is 3. The van der Waals surface area contributed by atoms with Crippen LogP contribution in [-0.2, 0) is 14.4 Å². The third-order valence-corrected chi connectivity index (χ3v) is 5.04. The Morgan fingerprint density at radius 1 is 0.914 bits per heavy atom. The molecule has 9 heteroatoms. The van der Waals surface area contributed by atoms with Gasteiger partial charge in [0, 0.05) is 11.8 Å². The molecule has 0 fully saturated rings. The molecule has 0 aliphatic rings. The molecule has 1 atom stereocenters. The van der Waals surface area contributed by atoms with Crippen molar-refractivity contribution in [3.8, 4) is 23.0 Å². The standard InChI is InChI=1S/C26H26N2O7/c1-4-22(34-18-8-6-5-7-9-18)24(30)28-20-14-19(10-11-21(20)29)35-23-15(2)12-17(13-16(23)3)27-25(31)26(32)33/h5-14,22,29H,4H2,1-3H3,(H,27,31)(H,28,30)(H,32,33). The average Bonchev–Trinajstić information content (AvgIpc) is 2.82. The van der Waals surface area contributed by atoms with E-state index in [1.165, 1.54) is 12.1 Å². The Kier molecular flexibility index (Phi) is 7.93. The van der Waals surface area contributed by atoms with E-state index >= 15 is 0 Å². The number of carbonyl (C=O) groups excluding carboxylic acids is 2. The van der Waals surface area contributed by atoms with Gasteiger partial charge in [0.05, 0.1) is 5.69 Å². The quantitative estimate of drug-likeness (QED) is 0.274. The molecule has 0 saturated carbocycles. The number of para-hydroxylation sites is 1. The van der Waals surface area contributed by atoms with Crippen LogP contribution in [0.1, 0.15) is 24.5 Å². The van der Waals surface area contributed by atoms with Gasteiger partial charge < -0.3 is 30.3 Å². The smallest absolute Gasteiger partial charge is 0.394 e. The van der Waals surface area contributed by atoms with E-state index in [0.29, 0.717) is 40.5 Å². The SMILES string of the molecule is CCC(Oc1ccccc1)C(=O)Nc1cc(Oc2c(C)cc(NC(=O)C(=O)O)cc2C)ccc1O. The highest BCUT2D eigenvalue weighted by Gasteiger charge is 2.20. The number of ether oxygens (including phenoxy) is 2. The number of nitrogens with one attached hydrogen (secondary N) is 2. The van der Waals surface area contributed by atoms with Gasteiger partial charge >= 0.3 is 11.9 Å². The molecule has 9 nitrogen and oxygen atoms in total. The van der Waals surface area contributed by atoms with Crippen LogP contribution in [0, 0.1) is 13.8 Å². The Balaban J connectivity index is 1.76. The molecule has 0 bridgehead atoms. The Labute approximate surface area is 202 Å². The van der Waals surface area contributed by atoms with E-state index in [9.17, 15) is 19.5 Å². The zero-order valence-electron chi connectivity index (χ0n) is 19.5. The summed E-state index contributed by atoms with van der Waals surface area (Å²) in [5.41, 5.74) is 1.77. The van der Waals surface area contributed by atoms with Crippen molar-refractivity contribution < 1.29 is 34.1 Å². The summed E-state index contributed by atoms with van der Waals surface area (Å²) in [4.78, 5) is 35.0. The van der Waals surface area contributed by atoms with E-state index in [0.717, 1.165) is 0 Å². The number of rotatable bonds is 8. The summed E-state index contributed by atoms with van der Waals surface area (Å²) < 4.78 is 11.7. The van der Waals surface area contributed by atoms with E-state index in [4.69, 9.17) is 14.6 Å². The Morgan fingerprint density at radius 2 is 1.57 bits per heavy atom. The Bertz CT molecular complexity index is 1220. The van der Waals surface area contributed by atoms with Gasteiger partial charge in [-0.25, -0.2) is 4.79 Å². The number of phenolic OH excluding ortho intramolecular Hbond substituents is 1. The second-order valence-electron chi connectivity index (χ2n) is 7.80. The molecule has 0 aromatic heterocycles. The van der Waals surface area contributed by atoms with E-state index in [-0.39, 0.29) is 11.4 Å². The summed E-state index contributed by atoms with van der Waals surface area (Å²) in [6.45, 7) is 5.31. The minimum Gasteiger partial charge on any atom is -0.506 e. The number of carbonyl (C=O) groups is 3. The van der Waals surface area contributed by atoms with Crippen molar-refractivity contribution in [1.29, 1.82) is 0 Å². The molecule has 3 aromatic carbocycles. The zero-order valence-corrected chi connectivity index (χ0v) is 19.5. The average molecular weight is 479 g/mol. The molecule has 0 saturated heterocycles. The number of hydrogen-bond acceptors (Lipinski definition) is 6. The Hall–Kier alpha value is -4.53. The lowest BCUT2D eigenvalue weighted by atomic mass is 10.1. The van der Waals surface area contributed by atoms with E-state index in [1.54, 1.807) is 44.2 Å². The minimum atomic E-state index is -1.58. The molecule has 0 spiro atoms. The molecule has 1 unspecified atom stereocenters. The topological polar surface area (TPSA) is 134 Å². The summed E-state index contributed by atoms with van der Waals surface area (Å²) in [5.74, 6) is -1.89. The first kappa shape index (κ1) is 25.1. The fourth-order valence-corrected chi connectivity index (χ4v) is 3.36. The monoisotopic (exact) mass is 478 g/mol. The number of phenols is 1. The van der Waals surface area contributed by atoms with Crippen LogP contribution < -0.4 is 20.1 Å². The van der Waals surface area contributed by atoms with Gasteiger partial charge in [0.15, 0.2) is 6.10 Å². The number of carboxylic acid groups (broad SMARTS) is 1. The van der Waals surface area contributed by atoms with E-state index in [1.807, 2.05) is 25.1 Å². The predicted molar refractivity (Wildman–Crippen MR) is 130 cm³/mol. The largest absolute Gasteiger partial charge is 0.506 e. The molecule has 0 heterocycles. The van der Waals surface area contributed by atoms with Crippen molar-refractivity contribution in [2.24, 2.45) is 0 Å². The first-order chi connectivity index (χ1) is 16.7. The van der Waals surface area contributed by atoms with E-state index < -0.39 is 23.9 Å². The van der Waals surface area contributed by atoms with Gasteiger partial charge in [0.1, 0.15) is 23.0 Å². The summed E-state index contributed by atoms with van der Waals surface area (Å²) >= 11 is 0. The number of aryl methyl sites for hydroxylation is 2. The van der Waals surface area contributed by atoms with Gasteiger partial charge in [-0.2, -0.15) is 0 Å². The maximum atomic E-state index is 12.8. The summed E-state index contributed by atoms with van der Waals surface area (Å²) in [5, 5.41) is 24.0. The lowest BCUT2D eigenvalue weighted by Gasteiger charge is -2.18. The van der Waals surface area contributed by atoms with Gasteiger partial charge in [-0.3, -0.25) is 9.59 Å². The summed E-state index contributed by atoms with van der Waals surface area (Å²) in [6.07, 6.45) is -0.347. The number of hydrogen-bond donors (Lipinski definition) is 4. The van der Waals surface area contributed by atoms with Crippen LogP contribution in [0.3, 0.4) is 0 Å². The second-order valence-corrected chi connectivity index (χ2v) is 7.80. The normalized spacial score (nSPS) is 11.3. The molecule has 4 N–H and O–H groups in total. The van der Waals surface area contributed by atoms with Crippen LogP contribution in [0.4, 0.5) is 11.4 Å². The number of anilines is 2. The highest BCUT2D eigenvalue weighted by molar-refractivity contribution is 6.36. The third kappa shape index (κ3) is 6.50. The highest BCUT2D eigenvalue weighted by atomic mass is 16.5. The van der Waals surface area contributed by atoms with Crippen molar-refractivity contribution >= 4 is 29.2 Å². The third-order valence-electron chi connectivity index (χ3n) is 5.04. The highest BCUT2D eigenvalue weighted by Crippen LogP contribution is 2.35. The molecule has 0 aliphatic heterocycles. The van der Waals surface area contributed by atoms with Crippen molar-refractivity contribution in [3.05, 3.63) is 71.8 Å². The summed E-state index contributed by atoms with van der Waals surface area (Å²) in [7, 11) is 0. The van der Waals surface area contributed by atoms with Crippen LogP contribution in [0.25, 0.3) is 0 Å². The van der Waals surface area contributed by atoms with Gasteiger partial charge in [0.25, 0.3) is 5.91 Å². The van der Waals surface area contributed by atoms with Crippen LogP contribution in [-0.4, -0.2) is 34.1 Å². The van der Waals surface area contributed by atoms with Gasteiger partial charge in [-0.1, -0.05) is 25.1 Å². The van der Waals surface area contributed by atoms with Crippen LogP contribution in [0.15, 0.2) is 60.7 Å². The van der Waals surface area contributed by atoms with Crippen LogP contribution in [0.2, 0.25) is 0 Å². The van der Waals surface area contributed by atoms with Crippen molar-refractivity contribution in [2.45, 2.75) is 33.3 Å². The first-order valence-electron chi connectivity index (χ1n) is 10.9. The zero-order chi connectivity index (χ0) is 25.5. The molecule has 0 radical (unpaired) electrons. The van der Waals surface area contributed by atoms with Crippen molar-refractivity contribution in [3.63, 3.8) is 0 Å². The van der Waals surface area contributed by atoms with Crippen LogP contribution in [0.5, 0.6) is 23.0 Å². The molecule has 35 heavy (non-hydrogen) atoms. The second kappa shape index (κ2) is 11.1. The molecular formula is C26H26N2O7. The lowest BCUT2D eigenvalue weighted by Crippen LogP contribution is -2.32. The van der Waals surface area contributed by atoms with Gasteiger partial charge in [0.2, 0.25) is 0 Å². The maximum absolute atomic E-state index is 12.8. The molecular weight excluding hydrogens is 452 g/mol. The number of carboxylic acids is 1. The summed E-state index contributed by atoms with van der Waals surface area (Å²) in [6, 6.07) is 16.6. The fraction of sp³-hybridized carbons (Fsp3) is 0.192.